The van der Waals surface area contributed by atoms with Gasteiger partial charge in [-0.15, -0.1) is 0 Å². The summed E-state index contributed by atoms with van der Waals surface area (Å²) in [7, 11) is 0. The average molecular weight is 626 g/mol. The van der Waals surface area contributed by atoms with E-state index < -0.39 is 36.1 Å². The summed E-state index contributed by atoms with van der Waals surface area (Å²) in [5.41, 5.74) is 1.47. The summed E-state index contributed by atoms with van der Waals surface area (Å²) < 4.78 is 6.12. The van der Waals surface area contributed by atoms with Crippen LogP contribution in [0.25, 0.3) is 0 Å². The number of hydrogen-bond acceptors (Lipinski definition) is 5. The first kappa shape index (κ1) is 30.3. The second kappa shape index (κ2) is 13.5. The SMILES string of the molecule is O=C(O)c1ccccc1NC(=O)C1CCCN1C(=O)C1CC(OCc2ccccc2)CN1C(=O)Nc1ccc(Cl)c(Cl)c1. The number of benzene rings is 3. The number of ether oxygens (including phenoxy) is 1. The molecular formula is C31H30Cl2N4O6. The molecule has 2 saturated heterocycles. The Morgan fingerprint density at radius 2 is 1.63 bits per heavy atom. The predicted octanol–water partition coefficient (Wildman–Crippen LogP) is 5.51. The molecular weight excluding hydrogens is 595 g/mol. The molecule has 2 aliphatic heterocycles. The molecule has 3 unspecified atom stereocenters. The van der Waals surface area contributed by atoms with Crippen molar-refractivity contribution in [3.8, 4) is 0 Å². The standard InChI is InChI=1S/C31H30Cl2N4O6/c32-23-13-12-20(15-24(23)33)34-31(42)37-17-21(43-18-19-7-2-1-3-8-19)16-27(37)29(39)36-14-6-11-26(36)28(38)35-25-10-5-4-9-22(25)30(40)41/h1-5,7-10,12-13,15,21,26-27H,6,11,14,16-18H2,(H,34,42)(H,35,38)(H,40,41). The Hall–Kier alpha value is -4.12. The molecule has 10 nitrogen and oxygen atoms in total. The van der Waals surface area contributed by atoms with Crippen molar-refractivity contribution in [1.82, 2.24) is 9.80 Å². The Morgan fingerprint density at radius 3 is 2.37 bits per heavy atom. The second-order valence-corrected chi connectivity index (χ2v) is 11.2. The number of rotatable bonds is 8. The van der Waals surface area contributed by atoms with Crippen LogP contribution in [-0.2, 0) is 20.9 Å². The summed E-state index contributed by atoms with van der Waals surface area (Å²) in [4.78, 5) is 55.4. The third kappa shape index (κ3) is 7.10. The van der Waals surface area contributed by atoms with Crippen molar-refractivity contribution in [1.29, 1.82) is 0 Å². The minimum atomic E-state index is -1.17. The van der Waals surface area contributed by atoms with E-state index >= 15 is 0 Å². The second-order valence-electron chi connectivity index (χ2n) is 10.4. The Labute approximate surface area is 258 Å². The van der Waals surface area contributed by atoms with E-state index in [1.165, 1.54) is 28.0 Å². The molecule has 3 N–H and O–H groups in total. The topological polar surface area (TPSA) is 128 Å². The van der Waals surface area contributed by atoms with E-state index in [1.807, 2.05) is 30.3 Å². The number of carbonyl (C=O) groups excluding carboxylic acids is 3. The van der Waals surface area contributed by atoms with Crippen LogP contribution >= 0.6 is 23.2 Å². The minimum absolute atomic E-state index is 0.0499. The molecule has 2 heterocycles. The summed E-state index contributed by atoms with van der Waals surface area (Å²) in [6, 6.07) is 18.2. The number of anilines is 2. The smallest absolute Gasteiger partial charge is 0.337 e. The van der Waals surface area contributed by atoms with E-state index in [-0.39, 0.29) is 35.1 Å². The van der Waals surface area contributed by atoms with Gasteiger partial charge in [0.1, 0.15) is 12.1 Å². The fourth-order valence-corrected chi connectivity index (χ4v) is 5.72. The van der Waals surface area contributed by atoms with Crippen LogP contribution in [0.15, 0.2) is 72.8 Å². The number of aromatic carboxylic acids is 1. The Balaban J connectivity index is 1.33. The number of likely N-dealkylation sites (tertiary alicyclic amines) is 2. The zero-order valence-electron chi connectivity index (χ0n) is 23.0. The van der Waals surface area contributed by atoms with Gasteiger partial charge in [0.05, 0.1) is 34.0 Å². The Bertz CT molecular complexity index is 1520. The fourth-order valence-electron chi connectivity index (χ4n) is 5.42. The molecule has 0 aliphatic carbocycles. The lowest BCUT2D eigenvalue weighted by atomic mass is 10.1. The van der Waals surface area contributed by atoms with Crippen molar-refractivity contribution < 1.29 is 29.0 Å². The highest BCUT2D eigenvalue weighted by Crippen LogP contribution is 2.30. The fraction of sp³-hybridized carbons (Fsp3) is 0.290. The Kier molecular flexibility index (Phi) is 9.49. The van der Waals surface area contributed by atoms with E-state index in [2.05, 4.69) is 10.6 Å². The van der Waals surface area contributed by atoms with Crippen molar-refractivity contribution in [2.24, 2.45) is 0 Å². The van der Waals surface area contributed by atoms with Gasteiger partial charge in [-0.1, -0.05) is 65.7 Å². The van der Waals surface area contributed by atoms with Gasteiger partial charge in [0.25, 0.3) is 0 Å². The number of carboxylic acid groups (broad SMARTS) is 1. The first-order valence-corrected chi connectivity index (χ1v) is 14.6. The highest BCUT2D eigenvalue weighted by atomic mass is 35.5. The van der Waals surface area contributed by atoms with Gasteiger partial charge in [0.15, 0.2) is 0 Å². The van der Waals surface area contributed by atoms with Crippen molar-refractivity contribution in [2.45, 2.75) is 44.1 Å². The van der Waals surface area contributed by atoms with E-state index in [9.17, 15) is 24.3 Å². The Morgan fingerprint density at radius 1 is 0.884 bits per heavy atom. The molecule has 12 heteroatoms. The zero-order chi connectivity index (χ0) is 30.5. The molecule has 0 aromatic heterocycles. The summed E-state index contributed by atoms with van der Waals surface area (Å²) in [6.45, 7) is 0.797. The minimum Gasteiger partial charge on any atom is -0.478 e. The molecule has 0 spiro atoms. The normalized spacial score (nSPS) is 19.7. The molecule has 2 aliphatic rings. The molecule has 3 atom stereocenters. The maximum atomic E-state index is 14.0. The number of amides is 4. The predicted molar refractivity (Wildman–Crippen MR) is 162 cm³/mol. The lowest BCUT2D eigenvalue weighted by Gasteiger charge is -2.31. The summed E-state index contributed by atoms with van der Waals surface area (Å²) in [6.07, 6.45) is 0.808. The van der Waals surface area contributed by atoms with Crippen LogP contribution in [0.2, 0.25) is 10.0 Å². The van der Waals surface area contributed by atoms with Crippen molar-refractivity contribution in [3.05, 3.63) is 94.0 Å². The molecule has 3 aromatic rings. The number of carboxylic acids is 1. The van der Waals surface area contributed by atoms with Crippen LogP contribution in [0.4, 0.5) is 16.2 Å². The number of hydrogen-bond donors (Lipinski definition) is 3. The van der Waals surface area contributed by atoms with Crippen LogP contribution in [0.5, 0.6) is 0 Å². The van der Waals surface area contributed by atoms with E-state index in [1.54, 1.807) is 24.3 Å². The van der Waals surface area contributed by atoms with Gasteiger partial charge in [-0.3, -0.25) is 9.59 Å². The van der Waals surface area contributed by atoms with Gasteiger partial charge in [-0.05, 0) is 48.7 Å². The van der Waals surface area contributed by atoms with Gasteiger partial charge in [-0.2, -0.15) is 0 Å². The summed E-state index contributed by atoms with van der Waals surface area (Å²) in [5.74, 6) is -2.04. The monoisotopic (exact) mass is 624 g/mol. The lowest BCUT2D eigenvalue weighted by Crippen LogP contribution is -2.52. The highest BCUT2D eigenvalue weighted by molar-refractivity contribution is 6.42. The maximum absolute atomic E-state index is 14.0. The van der Waals surface area contributed by atoms with Crippen LogP contribution in [0, 0.1) is 0 Å². The average Bonchev–Trinajstić information content (AvgIpc) is 3.67. The van der Waals surface area contributed by atoms with E-state index in [4.69, 9.17) is 27.9 Å². The molecule has 3 aromatic carbocycles. The number of halogens is 2. The number of nitrogens with one attached hydrogen (secondary N) is 2. The summed E-state index contributed by atoms with van der Waals surface area (Å²) >= 11 is 12.1. The molecule has 43 heavy (non-hydrogen) atoms. The van der Waals surface area contributed by atoms with Crippen LogP contribution in [0.1, 0.15) is 35.2 Å². The first-order chi connectivity index (χ1) is 20.7. The molecule has 2 fully saturated rings. The van der Waals surface area contributed by atoms with Crippen molar-refractivity contribution in [3.63, 3.8) is 0 Å². The molecule has 5 rings (SSSR count). The summed E-state index contributed by atoms with van der Waals surface area (Å²) in [5, 5.41) is 15.6. The molecule has 224 valence electrons. The zero-order valence-corrected chi connectivity index (χ0v) is 24.6. The molecule has 4 amide bonds. The quantitative estimate of drug-likeness (QED) is 0.303. The largest absolute Gasteiger partial charge is 0.478 e. The van der Waals surface area contributed by atoms with Gasteiger partial charge in [-0.25, -0.2) is 9.59 Å². The van der Waals surface area contributed by atoms with Crippen LogP contribution < -0.4 is 10.6 Å². The molecule has 0 radical (unpaired) electrons. The molecule has 0 saturated carbocycles. The van der Waals surface area contributed by atoms with Crippen LogP contribution in [0.3, 0.4) is 0 Å². The number of nitrogens with zero attached hydrogens (tertiary/aromatic N) is 2. The van der Waals surface area contributed by atoms with Crippen molar-refractivity contribution in [2.75, 3.05) is 23.7 Å². The van der Waals surface area contributed by atoms with Gasteiger partial charge < -0.3 is 30.3 Å². The third-order valence-corrected chi connectivity index (χ3v) is 8.30. The van der Waals surface area contributed by atoms with Gasteiger partial charge in [0.2, 0.25) is 11.8 Å². The third-order valence-electron chi connectivity index (χ3n) is 7.56. The number of para-hydroxylation sites is 1. The highest BCUT2D eigenvalue weighted by Gasteiger charge is 2.45. The first-order valence-electron chi connectivity index (χ1n) is 13.8. The maximum Gasteiger partial charge on any atom is 0.337 e. The van der Waals surface area contributed by atoms with Gasteiger partial charge >= 0.3 is 12.0 Å². The molecule has 0 bridgehead atoms. The number of urea groups is 1. The van der Waals surface area contributed by atoms with Crippen LogP contribution in [-0.4, -0.2) is 70.0 Å². The van der Waals surface area contributed by atoms with E-state index in [0.29, 0.717) is 36.7 Å². The lowest BCUT2D eigenvalue weighted by molar-refractivity contribution is -0.139. The van der Waals surface area contributed by atoms with Gasteiger partial charge in [0, 0.05) is 25.2 Å². The number of carbonyl (C=O) groups is 4. The van der Waals surface area contributed by atoms with E-state index in [0.717, 1.165) is 5.56 Å². The van der Waals surface area contributed by atoms with Crippen molar-refractivity contribution >= 4 is 58.4 Å².